The van der Waals surface area contributed by atoms with Crippen molar-refractivity contribution in [1.29, 1.82) is 0 Å². The third-order valence-electron chi connectivity index (χ3n) is 4.41. The zero-order chi connectivity index (χ0) is 19.4. The van der Waals surface area contributed by atoms with Gasteiger partial charge in [0.2, 0.25) is 0 Å². The fourth-order valence-corrected chi connectivity index (χ4v) is 4.59. The summed E-state index contributed by atoms with van der Waals surface area (Å²) in [5.74, 6) is 2.06. The molecule has 7 heteroatoms. The van der Waals surface area contributed by atoms with E-state index in [0.29, 0.717) is 5.82 Å². The lowest BCUT2D eigenvalue weighted by molar-refractivity contribution is 0.413. The van der Waals surface area contributed by atoms with E-state index in [0.717, 1.165) is 45.7 Å². The molecule has 0 aliphatic rings. The Kier molecular flexibility index (Phi) is 6.86. The second kappa shape index (κ2) is 9.14. The van der Waals surface area contributed by atoms with Crippen LogP contribution < -0.4 is 10.5 Å². The van der Waals surface area contributed by atoms with Gasteiger partial charge in [0.1, 0.15) is 11.3 Å². The molecule has 0 amide bonds. The molecule has 0 aliphatic carbocycles. The predicted octanol–water partition coefficient (Wildman–Crippen LogP) is 5.60. The number of nitrogens with two attached hydrogens (primary N) is 1. The predicted molar refractivity (Wildman–Crippen MR) is 120 cm³/mol. The average molecular weight is 496 g/mol. The zero-order valence-corrected chi connectivity index (χ0v) is 18.9. The van der Waals surface area contributed by atoms with Gasteiger partial charge in [-0.2, -0.15) is 0 Å². The lowest BCUT2D eigenvalue weighted by Crippen LogP contribution is -2.01. The number of methoxy groups -OCH3 is 1. The van der Waals surface area contributed by atoms with Gasteiger partial charge in [0.15, 0.2) is 11.0 Å². The van der Waals surface area contributed by atoms with Crippen molar-refractivity contribution < 1.29 is 4.74 Å². The van der Waals surface area contributed by atoms with Crippen LogP contribution in [0.5, 0.6) is 5.75 Å². The maximum Gasteiger partial charge on any atom is 0.174 e. The largest absolute Gasteiger partial charge is 0.497 e. The first-order valence-corrected chi connectivity index (χ1v) is 11.0. The molecular weight excluding hydrogens is 471 g/mol. The van der Waals surface area contributed by atoms with Crippen molar-refractivity contribution >= 4 is 51.2 Å². The summed E-state index contributed by atoms with van der Waals surface area (Å²) >= 11 is 4.00. The minimum Gasteiger partial charge on any atom is -0.497 e. The Morgan fingerprint density at radius 1 is 1.26 bits per heavy atom. The number of aryl methyl sites for hydroxylation is 1. The Morgan fingerprint density at radius 3 is 2.81 bits per heavy atom. The minimum absolute atomic E-state index is 0.482. The molecule has 0 spiro atoms. The summed E-state index contributed by atoms with van der Waals surface area (Å²) in [6, 6.07) is 8.09. The molecule has 0 aliphatic heterocycles. The first-order chi connectivity index (χ1) is 13.0. The highest BCUT2D eigenvalue weighted by atomic mass is 127. The molecule has 144 valence electrons. The van der Waals surface area contributed by atoms with Crippen molar-refractivity contribution in [1.82, 2.24) is 14.5 Å². The van der Waals surface area contributed by atoms with Crippen molar-refractivity contribution in [3.05, 3.63) is 34.0 Å². The molecule has 0 saturated carbocycles. The summed E-state index contributed by atoms with van der Waals surface area (Å²) in [5, 5.41) is 0.945. The molecule has 1 aromatic carbocycles. The summed E-state index contributed by atoms with van der Waals surface area (Å²) < 4.78 is 8.82. The van der Waals surface area contributed by atoms with Gasteiger partial charge >= 0.3 is 0 Å². The van der Waals surface area contributed by atoms with E-state index >= 15 is 0 Å². The molecule has 3 rings (SSSR count). The number of benzene rings is 1. The van der Waals surface area contributed by atoms with Gasteiger partial charge < -0.3 is 15.0 Å². The number of nitrogens with zero attached hydrogens (tertiary/aromatic N) is 3. The summed E-state index contributed by atoms with van der Waals surface area (Å²) in [5.41, 5.74) is 7.91. The van der Waals surface area contributed by atoms with Crippen LogP contribution in [0.4, 0.5) is 5.82 Å². The Bertz CT molecular complexity index is 926. The van der Waals surface area contributed by atoms with E-state index < -0.39 is 0 Å². The number of ether oxygens (including phenoxy) is 1. The van der Waals surface area contributed by atoms with Gasteiger partial charge in [-0.3, -0.25) is 0 Å². The first-order valence-electron chi connectivity index (χ1n) is 9.11. The number of fused-ring (bicyclic) bond motifs is 1. The van der Waals surface area contributed by atoms with Gasteiger partial charge in [0, 0.05) is 21.2 Å². The average Bonchev–Trinajstić information content (AvgIpc) is 2.99. The second-order valence-electron chi connectivity index (χ2n) is 6.90. The Balaban J connectivity index is 1.93. The van der Waals surface area contributed by atoms with Gasteiger partial charge in [-0.1, -0.05) is 38.5 Å². The number of nitrogen functional groups attached to an aromatic ring is 1. The number of imidazole rings is 1. The van der Waals surface area contributed by atoms with E-state index in [2.05, 4.69) is 58.1 Å². The highest BCUT2D eigenvalue weighted by Crippen LogP contribution is 2.36. The number of rotatable bonds is 8. The molecule has 2 heterocycles. The molecular formula is C20H25IN4OS. The molecule has 0 bridgehead atoms. The van der Waals surface area contributed by atoms with Gasteiger partial charge in [-0.05, 0) is 59.2 Å². The molecule has 5 nitrogen and oxygen atoms in total. The Hall–Kier alpha value is -1.48. The topological polar surface area (TPSA) is 66.0 Å². The van der Waals surface area contributed by atoms with Crippen molar-refractivity contribution in [3.8, 4) is 5.75 Å². The number of pyridine rings is 1. The van der Waals surface area contributed by atoms with Crippen molar-refractivity contribution in [2.24, 2.45) is 5.92 Å². The van der Waals surface area contributed by atoms with Crippen molar-refractivity contribution in [2.75, 3.05) is 12.8 Å². The van der Waals surface area contributed by atoms with Gasteiger partial charge in [0.25, 0.3) is 0 Å². The van der Waals surface area contributed by atoms with Crippen LogP contribution >= 0.6 is 34.4 Å². The van der Waals surface area contributed by atoms with Crippen LogP contribution in [0.15, 0.2) is 40.5 Å². The summed E-state index contributed by atoms with van der Waals surface area (Å²) in [4.78, 5) is 10.1. The van der Waals surface area contributed by atoms with Crippen LogP contribution in [0.1, 0.15) is 33.1 Å². The second-order valence-corrected chi connectivity index (χ2v) is 9.07. The number of anilines is 1. The van der Waals surface area contributed by atoms with Crippen LogP contribution in [-0.4, -0.2) is 21.6 Å². The van der Waals surface area contributed by atoms with E-state index in [1.165, 1.54) is 16.4 Å². The number of unbranched alkanes of at least 4 members (excludes halogenated alkanes) is 1. The Morgan fingerprint density at radius 2 is 2.07 bits per heavy atom. The van der Waals surface area contributed by atoms with E-state index in [9.17, 15) is 0 Å². The third-order valence-corrected chi connectivity index (χ3v) is 6.77. The molecule has 0 radical (unpaired) electrons. The maximum atomic E-state index is 6.08. The number of hydrogen-bond donors (Lipinski definition) is 1. The van der Waals surface area contributed by atoms with Gasteiger partial charge in [-0.25, -0.2) is 9.97 Å². The highest BCUT2D eigenvalue weighted by Gasteiger charge is 2.16. The zero-order valence-electron chi connectivity index (χ0n) is 15.9. The van der Waals surface area contributed by atoms with E-state index in [4.69, 9.17) is 15.5 Å². The van der Waals surface area contributed by atoms with E-state index in [1.807, 2.05) is 12.1 Å². The van der Waals surface area contributed by atoms with Crippen LogP contribution in [0.2, 0.25) is 0 Å². The summed E-state index contributed by atoms with van der Waals surface area (Å²) in [6.07, 6.45) is 5.33. The molecule has 0 unspecified atom stereocenters. The standard InChI is InChI=1S/C20H25IN4OS/c1-13(2)6-4-5-11-25-16-9-10-23-19(22)18(16)24-20(25)27-17-12-14(26-3)7-8-15(17)21/h7-10,12-13H,4-6,11H2,1-3H3,(H2,22,23). The van der Waals surface area contributed by atoms with E-state index in [1.54, 1.807) is 25.1 Å². The number of halogens is 1. The molecule has 3 aromatic rings. The van der Waals surface area contributed by atoms with Gasteiger partial charge in [0.05, 0.1) is 12.6 Å². The summed E-state index contributed by atoms with van der Waals surface area (Å²) in [7, 11) is 1.69. The summed E-state index contributed by atoms with van der Waals surface area (Å²) in [6.45, 7) is 5.46. The monoisotopic (exact) mass is 496 g/mol. The van der Waals surface area contributed by atoms with E-state index in [-0.39, 0.29) is 0 Å². The normalized spacial score (nSPS) is 11.4. The molecule has 0 saturated heterocycles. The SMILES string of the molecule is COc1ccc(I)c(Sc2nc3c(N)nccc3n2CCCCC(C)C)c1. The molecule has 2 aromatic heterocycles. The first kappa shape index (κ1) is 20.3. The fourth-order valence-electron chi connectivity index (χ4n) is 2.95. The van der Waals surface area contributed by atoms with Crippen LogP contribution in [0, 0.1) is 9.49 Å². The minimum atomic E-state index is 0.482. The molecule has 0 atom stereocenters. The molecule has 27 heavy (non-hydrogen) atoms. The highest BCUT2D eigenvalue weighted by molar-refractivity contribution is 14.1. The lowest BCUT2D eigenvalue weighted by atomic mass is 10.1. The smallest absolute Gasteiger partial charge is 0.174 e. The quantitative estimate of drug-likeness (QED) is 0.325. The van der Waals surface area contributed by atoms with Crippen LogP contribution in [-0.2, 0) is 6.54 Å². The number of aromatic nitrogens is 3. The molecule has 0 fully saturated rings. The van der Waals surface area contributed by atoms with Crippen LogP contribution in [0.3, 0.4) is 0 Å². The Labute approximate surface area is 178 Å². The van der Waals surface area contributed by atoms with Gasteiger partial charge in [-0.15, -0.1) is 0 Å². The van der Waals surface area contributed by atoms with Crippen LogP contribution in [0.25, 0.3) is 11.0 Å². The lowest BCUT2D eigenvalue weighted by Gasteiger charge is -2.11. The number of hydrogen-bond acceptors (Lipinski definition) is 5. The molecule has 2 N–H and O–H groups in total. The maximum absolute atomic E-state index is 6.08. The van der Waals surface area contributed by atoms with Crippen molar-refractivity contribution in [2.45, 2.75) is 49.7 Å². The fraction of sp³-hybridized carbons (Fsp3) is 0.400. The third kappa shape index (κ3) is 4.87. The van der Waals surface area contributed by atoms with Crippen molar-refractivity contribution in [3.63, 3.8) is 0 Å².